The molecule has 1 aromatic heterocycles. The zero-order chi connectivity index (χ0) is 21.5. The third-order valence-electron chi connectivity index (χ3n) is 5.14. The van der Waals surface area contributed by atoms with Crippen LogP contribution in [0.3, 0.4) is 0 Å². The molecule has 3 N–H and O–H groups in total. The second kappa shape index (κ2) is 10.5. The molecule has 1 fully saturated rings. The van der Waals surface area contributed by atoms with Crippen molar-refractivity contribution in [3.05, 3.63) is 47.2 Å². The first-order valence-electron chi connectivity index (χ1n) is 9.73. The van der Waals surface area contributed by atoms with Crippen molar-refractivity contribution in [1.29, 1.82) is 0 Å². The molecule has 2 heterocycles. The molecule has 1 aromatic carbocycles. The fourth-order valence-corrected chi connectivity index (χ4v) is 3.64. The van der Waals surface area contributed by atoms with Gasteiger partial charge >= 0.3 is 0 Å². The van der Waals surface area contributed by atoms with Crippen LogP contribution in [0.4, 0.5) is 5.69 Å². The maximum atomic E-state index is 12.8. The van der Waals surface area contributed by atoms with Gasteiger partial charge in [-0.2, -0.15) is 0 Å². The Morgan fingerprint density at radius 1 is 1.40 bits per heavy atom. The van der Waals surface area contributed by atoms with Crippen molar-refractivity contribution in [1.82, 2.24) is 15.2 Å². The monoisotopic (exact) mass is 434 g/mol. The molecule has 1 saturated heterocycles. The molecule has 9 heteroatoms. The standard InChI is InChI=1S/C21H27ClN4O4/c1-28-19-11-17(23)16(22)10-15(19)21(27)25-18-5-7-26(13-20(18)29-2)8-9-30-14-4-3-6-24-12-14/h3-4,6,10-12,18,20H,5,7-9,13,23H2,1-2H3,(H,25,27)/t18-,20+/m0/s1. The van der Waals surface area contributed by atoms with Gasteiger partial charge in [0.05, 0.1) is 41.7 Å². The minimum absolute atomic E-state index is 0.126. The largest absolute Gasteiger partial charge is 0.496 e. The number of nitrogens with one attached hydrogen (secondary N) is 1. The van der Waals surface area contributed by atoms with Crippen molar-refractivity contribution in [2.45, 2.75) is 18.6 Å². The lowest BCUT2D eigenvalue weighted by atomic mass is 10.0. The van der Waals surface area contributed by atoms with Crippen LogP contribution in [0.2, 0.25) is 5.02 Å². The topological polar surface area (TPSA) is 98.9 Å². The van der Waals surface area contributed by atoms with Crippen LogP contribution in [0.1, 0.15) is 16.8 Å². The van der Waals surface area contributed by atoms with E-state index in [-0.39, 0.29) is 18.1 Å². The van der Waals surface area contributed by atoms with E-state index in [0.717, 1.165) is 25.3 Å². The van der Waals surface area contributed by atoms with Gasteiger partial charge in [-0.1, -0.05) is 11.6 Å². The van der Waals surface area contributed by atoms with Crippen molar-refractivity contribution >= 4 is 23.2 Å². The van der Waals surface area contributed by atoms with Gasteiger partial charge in [-0.05, 0) is 24.6 Å². The van der Waals surface area contributed by atoms with Crippen LogP contribution in [0.5, 0.6) is 11.5 Å². The van der Waals surface area contributed by atoms with E-state index in [0.29, 0.717) is 35.2 Å². The summed E-state index contributed by atoms with van der Waals surface area (Å²) in [4.78, 5) is 19.1. The molecule has 0 saturated carbocycles. The molecule has 0 aliphatic carbocycles. The number of rotatable bonds is 8. The molecule has 1 aliphatic heterocycles. The van der Waals surface area contributed by atoms with Crippen LogP contribution < -0.4 is 20.5 Å². The Kier molecular flexibility index (Phi) is 7.73. The van der Waals surface area contributed by atoms with Crippen LogP contribution in [-0.4, -0.2) is 68.4 Å². The number of anilines is 1. The second-order valence-corrected chi connectivity index (χ2v) is 7.46. The quantitative estimate of drug-likeness (QED) is 0.614. The molecule has 162 valence electrons. The number of methoxy groups -OCH3 is 2. The molecule has 2 aromatic rings. The Bertz CT molecular complexity index is 852. The number of nitrogen functional groups attached to an aromatic ring is 1. The normalized spacial score (nSPS) is 19.3. The number of benzene rings is 1. The molecule has 0 unspecified atom stereocenters. The van der Waals surface area contributed by atoms with Gasteiger partial charge in [-0.3, -0.25) is 14.7 Å². The van der Waals surface area contributed by atoms with Crippen molar-refractivity contribution in [3.63, 3.8) is 0 Å². The number of ether oxygens (including phenoxy) is 3. The molecule has 0 spiro atoms. The van der Waals surface area contributed by atoms with E-state index >= 15 is 0 Å². The summed E-state index contributed by atoms with van der Waals surface area (Å²) in [6, 6.07) is 6.67. The van der Waals surface area contributed by atoms with Gasteiger partial charge in [0.25, 0.3) is 5.91 Å². The molecular weight excluding hydrogens is 408 g/mol. The zero-order valence-electron chi connectivity index (χ0n) is 17.1. The summed E-state index contributed by atoms with van der Waals surface area (Å²) in [6.07, 6.45) is 4.01. The maximum Gasteiger partial charge on any atom is 0.255 e. The maximum absolute atomic E-state index is 12.8. The number of aromatic nitrogens is 1. The Morgan fingerprint density at radius 2 is 2.23 bits per heavy atom. The SMILES string of the molecule is COc1cc(N)c(Cl)cc1C(=O)N[C@H]1CCN(CCOc2cccnc2)C[C@H]1OC. The molecule has 1 aliphatic rings. The first-order chi connectivity index (χ1) is 14.5. The molecule has 3 rings (SSSR count). The van der Waals surface area contributed by atoms with Crippen LogP contribution in [0, 0.1) is 0 Å². The van der Waals surface area contributed by atoms with E-state index in [1.54, 1.807) is 25.6 Å². The van der Waals surface area contributed by atoms with E-state index in [1.807, 2.05) is 12.1 Å². The highest BCUT2D eigenvalue weighted by Gasteiger charge is 2.31. The summed E-state index contributed by atoms with van der Waals surface area (Å²) < 4.78 is 16.7. The van der Waals surface area contributed by atoms with Crippen molar-refractivity contribution in [2.75, 3.05) is 46.2 Å². The van der Waals surface area contributed by atoms with Gasteiger partial charge in [0.1, 0.15) is 18.1 Å². The highest BCUT2D eigenvalue weighted by Crippen LogP contribution is 2.29. The fraction of sp³-hybridized carbons (Fsp3) is 0.429. The van der Waals surface area contributed by atoms with E-state index in [1.165, 1.54) is 13.2 Å². The van der Waals surface area contributed by atoms with Gasteiger partial charge in [0, 0.05) is 39.0 Å². The van der Waals surface area contributed by atoms with E-state index in [4.69, 9.17) is 31.5 Å². The molecule has 8 nitrogen and oxygen atoms in total. The van der Waals surface area contributed by atoms with Crippen LogP contribution in [0.25, 0.3) is 0 Å². The Hall–Kier alpha value is -2.55. The lowest BCUT2D eigenvalue weighted by Crippen LogP contribution is -2.55. The third kappa shape index (κ3) is 5.53. The number of carbonyl (C=O) groups is 1. The number of pyridine rings is 1. The average Bonchev–Trinajstić information content (AvgIpc) is 2.76. The lowest BCUT2D eigenvalue weighted by molar-refractivity contribution is 0.00321. The molecule has 0 radical (unpaired) electrons. The van der Waals surface area contributed by atoms with E-state index in [2.05, 4.69) is 15.2 Å². The van der Waals surface area contributed by atoms with E-state index < -0.39 is 0 Å². The molecule has 30 heavy (non-hydrogen) atoms. The minimum atomic E-state index is -0.269. The smallest absolute Gasteiger partial charge is 0.255 e. The van der Waals surface area contributed by atoms with Gasteiger partial charge in [-0.25, -0.2) is 0 Å². The predicted molar refractivity (Wildman–Crippen MR) is 115 cm³/mol. The number of hydrogen-bond donors (Lipinski definition) is 2. The average molecular weight is 435 g/mol. The van der Waals surface area contributed by atoms with Gasteiger partial charge in [-0.15, -0.1) is 0 Å². The number of hydrogen-bond acceptors (Lipinski definition) is 7. The zero-order valence-corrected chi connectivity index (χ0v) is 17.9. The summed E-state index contributed by atoms with van der Waals surface area (Å²) in [7, 11) is 3.14. The van der Waals surface area contributed by atoms with Crippen LogP contribution in [-0.2, 0) is 4.74 Å². The van der Waals surface area contributed by atoms with E-state index in [9.17, 15) is 4.79 Å². The highest BCUT2D eigenvalue weighted by atomic mass is 35.5. The third-order valence-corrected chi connectivity index (χ3v) is 5.46. The fourth-order valence-electron chi connectivity index (χ4n) is 3.47. The summed E-state index contributed by atoms with van der Waals surface area (Å²) in [6.45, 7) is 2.83. The second-order valence-electron chi connectivity index (χ2n) is 7.05. The number of halogens is 1. The number of piperidine rings is 1. The van der Waals surface area contributed by atoms with Crippen molar-refractivity contribution in [2.24, 2.45) is 0 Å². The minimum Gasteiger partial charge on any atom is -0.496 e. The summed E-state index contributed by atoms with van der Waals surface area (Å²) in [5.74, 6) is 0.863. The predicted octanol–water partition coefficient (Wildman–Crippen LogP) is 2.22. The molecule has 0 bridgehead atoms. The Labute approximate surface area is 181 Å². The van der Waals surface area contributed by atoms with Crippen molar-refractivity contribution < 1.29 is 19.0 Å². The van der Waals surface area contributed by atoms with Crippen molar-refractivity contribution in [3.8, 4) is 11.5 Å². The van der Waals surface area contributed by atoms with Gasteiger partial charge < -0.3 is 25.3 Å². The van der Waals surface area contributed by atoms with Crippen LogP contribution >= 0.6 is 11.6 Å². The summed E-state index contributed by atoms with van der Waals surface area (Å²) in [5.41, 5.74) is 6.51. The molecule has 1 amide bonds. The summed E-state index contributed by atoms with van der Waals surface area (Å²) in [5, 5.41) is 3.36. The molecular formula is C21H27ClN4O4. The first-order valence-corrected chi connectivity index (χ1v) is 10.1. The first kappa shape index (κ1) is 22.1. The number of likely N-dealkylation sites (tertiary alicyclic amines) is 1. The number of amides is 1. The number of nitrogens with two attached hydrogens (primary N) is 1. The Morgan fingerprint density at radius 3 is 2.93 bits per heavy atom. The summed E-state index contributed by atoms with van der Waals surface area (Å²) >= 11 is 6.09. The van der Waals surface area contributed by atoms with Gasteiger partial charge in [0.15, 0.2) is 0 Å². The highest BCUT2D eigenvalue weighted by molar-refractivity contribution is 6.33. The number of nitrogens with zero attached hydrogens (tertiary/aromatic N) is 2. The number of carbonyl (C=O) groups excluding carboxylic acids is 1. The lowest BCUT2D eigenvalue weighted by Gasteiger charge is -2.38. The molecule has 2 atom stereocenters. The van der Waals surface area contributed by atoms with Crippen LogP contribution in [0.15, 0.2) is 36.7 Å². The van der Waals surface area contributed by atoms with Gasteiger partial charge in [0.2, 0.25) is 0 Å². The Balaban J connectivity index is 1.55.